The zero-order valence-electron chi connectivity index (χ0n) is 29.6. The molecular formula is C39H64. The van der Waals surface area contributed by atoms with Crippen LogP contribution in [0.15, 0.2) is 24.3 Å². The van der Waals surface area contributed by atoms with E-state index in [0.717, 1.165) is 6.42 Å². The summed E-state index contributed by atoms with van der Waals surface area (Å²) in [5.41, 5.74) is 12.6. The highest BCUT2D eigenvalue weighted by Crippen LogP contribution is 2.47. The first kappa shape index (κ1) is 33.6. The third-order valence-electron chi connectivity index (χ3n) is 8.32. The van der Waals surface area contributed by atoms with Crippen molar-refractivity contribution in [3.05, 3.63) is 68.8 Å². The van der Waals surface area contributed by atoms with Crippen molar-refractivity contribution < 1.29 is 0 Å². The topological polar surface area (TPSA) is 0 Å². The van der Waals surface area contributed by atoms with Gasteiger partial charge in [0.25, 0.3) is 0 Å². The van der Waals surface area contributed by atoms with Gasteiger partial charge in [0.1, 0.15) is 0 Å². The zero-order valence-corrected chi connectivity index (χ0v) is 29.6. The van der Waals surface area contributed by atoms with E-state index < -0.39 is 0 Å². The molecule has 220 valence electrons. The molecule has 1 atom stereocenters. The Morgan fingerprint density at radius 1 is 0.436 bits per heavy atom. The second-order valence-electron chi connectivity index (χ2n) is 18.6. The Morgan fingerprint density at radius 2 is 0.821 bits per heavy atom. The van der Waals surface area contributed by atoms with Crippen LogP contribution in [0.1, 0.15) is 182 Å². The minimum absolute atomic E-state index is 0.0444. The molecule has 0 heterocycles. The van der Waals surface area contributed by atoms with Crippen molar-refractivity contribution in [2.24, 2.45) is 0 Å². The predicted octanol–water partition coefficient (Wildman–Crippen LogP) is 11.8. The van der Waals surface area contributed by atoms with E-state index in [2.05, 4.69) is 156 Å². The molecule has 2 aromatic rings. The molecule has 0 aliphatic heterocycles. The molecule has 39 heavy (non-hydrogen) atoms. The molecule has 0 aromatic heterocycles. The van der Waals surface area contributed by atoms with Crippen LogP contribution in [0, 0.1) is 0 Å². The fraction of sp³-hybridized carbons (Fsp3) is 0.692. The Labute approximate surface area is 244 Å². The van der Waals surface area contributed by atoms with Crippen molar-refractivity contribution in [1.29, 1.82) is 0 Å². The van der Waals surface area contributed by atoms with Crippen molar-refractivity contribution >= 4 is 0 Å². The standard InChI is InChI=1S/C39H64/c1-25(26-21-27(34(2,3)4)23-28(22-26)35(5,6)7)20-29-30(36(8,9)10)24-31(37(11,12)13)33(39(17,18)19)32(29)38(14,15)16/h21-25H,20H2,1-19H3. The van der Waals surface area contributed by atoms with E-state index in [1.165, 1.54) is 27.8 Å². The van der Waals surface area contributed by atoms with Crippen LogP contribution >= 0.6 is 0 Å². The third kappa shape index (κ3) is 7.80. The summed E-state index contributed by atoms with van der Waals surface area (Å²) >= 11 is 0. The summed E-state index contributed by atoms with van der Waals surface area (Å²) in [5, 5.41) is 0. The maximum Gasteiger partial charge on any atom is -0.0126 e. The highest BCUT2D eigenvalue weighted by molar-refractivity contribution is 5.56. The maximum atomic E-state index is 2.60. The number of benzene rings is 2. The number of hydrogen-bond acceptors (Lipinski definition) is 0. The molecule has 0 saturated heterocycles. The van der Waals surface area contributed by atoms with Crippen molar-refractivity contribution in [3.8, 4) is 0 Å². The largest absolute Gasteiger partial charge is 0.0581 e. The van der Waals surface area contributed by atoms with Crippen LogP contribution in [0.4, 0.5) is 0 Å². The fourth-order valence-electron chi connectivity index (χ4n) is 6.03. The van der Waals surface area contributed by atoms with E-state index >= 15 is 0 Å². The molecule has 0 nitrogen and oxygen atoms in total. The van der Waals surface area contributed by atoms with Crippen LogP contribution in [0.5, 0.6) is 0 Å². The molecule has 2 aromatic carbocycles. The number of hydrogen-bond donors (Lipinski definition) is 0. The molecular weight excluding hydrogens is 468 g/mol. The lowest BCUT2D eigenvalue weighted by atomic mass is 9.63. The van der Waals surface area contributed by atoms with Crippen LogP contribution < -0.4 is 0 Å². The zero-order chi connectivity index (χ0) is 30.7. The lowest BCUT2D eigenvalue weighted by molar-refractivity contribution is 0.482. The smallest absolute Gasteiger partial charge is 0.0126 e. The van der Waals surface area contributed by atoms with Crippen molar-refractivity contribution in [3.63, 3.8) is 0 Å². The van der Waals surface area contributed by atoms with E-state index in [0.29, 0.717) is 5.92 Å². The van der Waals surface area contributed by atoms with Gasteiger partial charge in [-0.05, 0) is 89.3 Å². The minimum Gasteiger partial charge on any atom is -0.0581 e. The van der Waals surface area contributed by atoms with Crippen LogP contribution in [0.3, 0.4) is 0 Å². The molecule has 0 N–H and O–H groups in total. The normalized spacial score (nSPS) is 15.1. The van der Waals surface area contributed by atoms with Gasteiger partial charge in [0.05, 0.1) is 0 Å². The Balaban J connectivity index is 3.00. The van der Waals surface area contributed by atoms with Gasteiger partial charge in [-0.25, -0.2) is 0 Å². The van der Waals surface area contributed by atoms with E-state index in [1.54, 1.807) is 16.7 Å². The van der Waals surface area contributed by atoms with E-state index in [4.69, 9.17) is 0 Å². The molecule has 2 rings (SSSR count). The van der Waals surface area contributed by atoms with E-state index in [-0.39, 0.29) is 32.5 Å². The fourth-order valence-corrected chi connectivity index (χ4v) is 6.03. The summed E-state index contributed by atoms with van der Waals surface area (Å²) in [6.45, 7) is 45.5. The summed E-state index contributed by atoms with van der Waals surface area (Å²) < 4.78 is 0. The second kappa shape index (κ2) is 10.4. The second-order valence-corrected chi connectivity index (χ2v) is 18.6. The lowest BCUT2D eigenvalue weighted by Gasteiger charge is -2.41. The Hall–Kier alpha value is -1.56. The van der Waals surface area contributed by atoms with E-state index in [9.17, 15) is 0 Å². The molecule has 0 aliphatic rings. The van der Waals surface area contributed by atoms with Gasteiger partial charge < -0.3 is 0 Å². The highest BCUT2D eigenvalue weighted by atomic mass is 14.4. The Bertz CT molecular complexity index is 1130. The third-order valence-corrected chi connectivity index (χ3v) is 8.32. The van der Waals surface area contributed by atoms with Crippen molar-refractivity contribution in [1.82, 2.24) is 0 Å². The first-order valence-corrected chi connectivity index (χ1v) is 15.4. The van der Waals surface area contributed by atoms with Crippen LogP contribution in [-0.4, -0.2) is 0 Å². The summed E-state index contributed by atoms with van der Waals surface area (Å²) in [6.07, 6.45) is 1.06. The van der Waals surface area contributed by atoms with Crippen molar-refractivity contribution in [2.75, 3.05) is 0 Å². The summed E-state index contributed by atoms with van der Waals surface area (Å²) in [6, 6.07) is 10.1. The lowest BCUT2D eigenvalue weighted by Crippen LogP contribution is -2.32. The quantitative estimate of drug-likeness (QED) is 0.369. The molecule has 0 heteroatoms. The van der Waals surface area contributed by atoms with Crippen LogP contribution in [0.25, 0.3) is 0 Å². The molecule has 0 amide bonds. The highest BCUT2D eigenvalue weighted by Gasteiger charge is 2.37. The monoisotopic (exact) mass is 533 g/mol. The molecule has 0 fully saturated rings. The summed E-state index contributed by atoms with van der Waals surface area (Å²) in [7, 11) is 0. The molecule has 1 unspecified atom stereocenters. The molecule has 0 saturated carbocycles. The average molecular weight is 533 g/mol. The summed E-state index contributed by atoms with van der Waals surface area (Å²) in [5.74, 6) is 0.420. The van der Waals surface area contributed by atoms with Gasteiger partial charge in [-0.15, -0.1) is 0 Å². The molecule has 0 spiro atoms. The predicted molar refractivity (Wildman–Crippen MR) is 177 cm³/mol. The van der Waals surface area contributed by atoms with Gasteiger partial charge in [0, 0.05) is 0 Å². The SMILES string of the molecule is CC(Cc1c(C(C)(C)C)cc(C(C)(C)C)c(C(C)(C)C)c1C(C)(C)C)c1cc(C(C)(C)C)cc(C(C)(C)C)c1. The maximum absolute atomic E-state index is 2.60. The molecule has 0 aliphatic carbocycles. The van der Waals surface area contributed by atoms with Gasteiger partial charge in [-0.1, -0.05) is 156 Å². The van der Waals surface area contributed by atoms with Gasteiger partial charge in [-0.2, -0.15) is 0 Å². The Morgan fingerprint density at radius 3 is 1.13 bits per heavy atom. The summed E-state index contributed by atoms with van der Waals surface area (Å²) in [4.78, 5) is 0. The van der Waals surface area contributed by atoms with Gasteiger partial charge in [0.15, 0.2) is 0 Å². The number of rotatable bonds is 3. The van der Waals surface area contributed by atoms with Gasteiger partial charge in [0.2, 0.25) is 0 Å². The van der Waals surface area contributed by atoms with Crippen LogP contribution in [0.2, 0.25) is 0 Å². The van der Waals surface area contributed by atoms with Gasteiger partial charge >= 0.3 is 0 Å². The Kier molecular flexibility index (Phi) is 8.94. The molecule has 0 radical (unpaired) electrons. The minimum atomic E-state index is 0.0444. The first-order chi connectivity index (χ1) is 17.1. The van der Waals surface area contributed by atoms with Crippen LogP contribution in [-0.2, 0) is 38.9 Å². The van der Waals surface area contributed by atoms with Gasteiger partial charge in [-0.3, -0.25) is 0 Å². The van der Waals surface area contributed by atoms with E-state index in [1.807, 2.05) is 0 Å². The average Bonchev–Trinajstić information content (AvgIpc) is 2.68. The first-order valence-electron chi connectivity index (χ1n) is 15.4. The van der Waals surface area contributed by atoms with Crippen molar-refractivity contribution in [2.45, 2.75) is 176 Å². The molecule has 0 bridgehead atoms.